The molecule has 0 aromatic heterocycles. The molecule has 3 N–H and O–H groups in total. The van der Waals surface area contributed by atoms with Crippen LogP contribution in [0.15, 0.2) is 131 Å². The molecular formula is C34H29N5O4S. The Kier molecular flexibility index (Phi) is 9.63. The van der Waals surface area contributed by atoms with Crippen molar-refractivity contribution in [2.24, 2.45) is 5.10 Å². The van der Waals surface area contributed by atoms with Crippen LogP contribution in [-0.2, 0) is 14.4 Å². The number of anilines is 2. The van der Waals surface area contributed by atoms with Crippen LogP contribution in [0.3, 0.4) is 0 Å². The topological polar surface area (TPSA) is 120 Å². The highest BCUT2D eigenvalue weighted by Gasteiger charge is 2.27. The molecule has 1 aliphatic rings. The molecule has 220 valence electrons. The van der Waals surface area contributed by atoms with Crippen molar-refractivity contribution in [1.29, 1.82) is 0 Å². The lowest BCUT2D eigenvalue weighted by molar-refractivity contribution is -0.119. The summed E-state index contributed by atoms with van der Waals surface area (Å²) in [5.74, 6) is -1.08. The number of rotatable bonds is 9. The van der Waals surface area contributed by atoms with Crippen LogP contribution in [0.1, 0.15) is 29.3 Å². The van der Waals surface area contributed by atoms with Gasteiger partial charge in [-0.25, -0.2) is 0 Å². The van der Waals surface area contributed by atoms with Gasteiger partial charge in [-0.3, -0.25) is 19.2 Å². The summed E-state index contributed by atoms with van der Waals surface area (Å²) in [7, 11) is 0. The summed E-state index contributed by atoms with van der Waals surface area (Å²) in [6.45, 7) is 1.76. The minimum absolute atomic E-state index is 0.0128. The number of hydrazone groups is 1. The predicted molar refractivity (Wildman–Crippen MR) is 173 cm³/mol. The molecule has 1 unspecified atom stereocenters. The standard InChI is InChI=1S/C34H29N5O4S/c1-23(32(41)37-30-22-31(40)39(38-30)27-15-9-4-10-16-27)44-28-19-17-26(18-20-28)35-34(43)29(21-24-11-5-2-6-12-24)36-33(42)25-13-7-3-8-14-25/h2-21,23H,22H2,1H3,(H,35,43)(H,36,42)(H,37,38,41)/b29-21-. The highest BCUT2D eigenvalue weighted by molar-refractivity contribution is 8.00. The van der Waals surface area contributed by atoms with Crippen molar-refractivity contribution in [3.05, 3.63) is 132 Å². The van der Waals surface area contributed by atoms with Crippen molar-refractivity contribution in [3.8, 4) is 0 Å². The van der Waals surface area contributed by atoms with Crippen LogP contribution >= 0.6 is 11.8 Å². The number of thioether (sulfide) groups is 1. The number of benzene rings is 4. The second-order valence-corrected chi connectivity index (χ2v) is 11.2. The number of carbonyl (C=O) groups is 4. The third kappa shape index (κ3) is 7.87. The first-order chi connectivity index (χ1) is 21.4. The zero-order chi connectivity index (χ0) is 30.9. The predicted octanol–water partition coefficient (Wildman–Crippen LogP) is 5.44. The summed E-state index contributed by atoms with van der Waals surface area (Å²) in [4.78, 5) is 52.1. The van der Waals surface area contributed by atoms with E-state index in [0.717, 1.165) is 10.5 Å². The molecule has 0 saturated carbocycles. The maximum absolute atomic E-state index is 13.2. The minimum atomic E-state index is -0.484. The van der Waals surface area contributed by atoms with Gasteiger partial charge in [0, 0.05) is 16.1 Å². The Morgan fingerprint density at radius 3 is 2.09 bits per heavy atom. The average molecular weight is 604 g/mol. The molecule has 0 spiro atoms. The fraction of sp³-hybridized carbons (Fsp3) is 0.0882. The first kappa shape index (κ1) is 30.0. The minimum Gasteiger partial charge on any atom is -0.321 e. The van der Waals surface area contributed by atoms with E-state index in [0.29, 0.717) is 22.8 Å². The lowest BCUT2D eigenvalue weighted by Gasteiger charge is -2.13. The second kappa shape index (κ2) is 14.1. The lowest BCUT2D eigenvalue weighted by Crippen LogP contribution is -2.35. The lowest BCUT2D eigenvalue weighted by atomic mass is 10.1. The van der Waals surface area contributed by atoms with Gasteiger partial charge in [-0.1, -0.05) is 66.7 Å². The summed E-state index contributed by atoms with van der Waals surface area (Å²) in [6.07, 6.45) is 1.63. The van der Waals surface area contributed by atoms with Gasteiger partial charge in [0.2, 0.25) is 5.91 Å². The van der Waals surface area contributed by atoms with Crippen LogP contribution in [0.25, 0.3) is 6.08 Å². The van der Waals surface area contributed by atoms with E-state index in [9.17, 15) is 19.2 Å². The number of nitrogens with one attached hydrogen (secondary N) is 3. The maximum atomic E-state index is 13.2. The largest absolute Gasteiger partial charge is 0.321 e. The number of hydrogen-bond donors (Lipinski definition) is 3. The Bertz CT molecular complexity index is 1710. The van der Waals surface area contributed by atoms with E-state index >= 15 is 0 Å². The number of nitrogens with zero attached hydrogens (tertiary/aromatic N) is 2. The third-order valence-corrected chi connectivity index (χ3v) is 7.59. The molecule has 4 amide bonds. The fourth-order valence-corrected chi connectivity index (χ4v) is 5.11. The van der Waals surface area contributed by atoms with Gasteiger partial charge in [-0.15, -0.1) is 11.8 Å². The third-order valence-electron chi connectivity index (χ3n) is 6.48. The van der Waals surface area contributed by atoms with E-state index in [1.807, 2.05) is 54.6 Å². The van der Waals surface area contributed by atoms with Crippen LogP contribution in [0, 0.1) is 0 Å². The zero-order valence-corrected chi connectivity index (χ0v) is 24.6. The summed E-state index contributed by atoms with van der Waals surface area (Å²) in [5.41, 5.74) is 2.43. The molecule has 0 fully saturated rings. The molecule has 44 heavy (non-hydrogen) atoms. The first-order valence-electron chi connectivity index (χ1n) is 13.8. The average Bonchev–Trinajstić information content (AvgIpc) is 3.42. The molecular weight excluding hydrogens is 574 g/mol. The quantitative estimate of drug-likeness (QED) is 0.174. The van der Waals surface area contributed by atoms with E-state index in [4.69, 9.17) is 0 Å². The van der Waals surface area contributed by atoms with Crippen molar-refractivity contribution < 1.29 is 19.2 Å². The molecule has 0 saturated heterocycles. The number of carbonyl (C=O) groups excluding carboxylic acids is 4. The maximum Gasteiger partial charge on any atom is 0.272 e. The van der Waals surface area contributed by atoms with Gasteiger partial charge in [-0.05, 0) is 67.1 Å². The SMILES string of the molecule is CC(Sc1ccc(NC(=O)/C(=C/c2ccccc2)NC(=O)c2ccccc2)cc1)C(=O)NC1=NN(c2ccccc2)C(=O)C1. The number of amidine groups is 1. The molecule has 1 aliphatic heterocycles. The van der Waals surface area contributed by atoms with Gasteiger partial charge in [0.25, 0.3) is 17.7 Å². The van der Waals surface area contributed by atoms with E-state index in [2.05, 4.69) is 21.1 Å². The van der Waals surface area contributed by atoms with Gasteiger partial charge in [-0.2, -0.15) is 10.1 Å². The Hall–Kier alpha value is -5.48. The molecule has 5 rings (SSSR count). The summed E-state index contributed by atoms with van der Waals surface area (Å²) in [6, 6.07) is 34.0. The summed E-state index contributed by atoms with van der Waals surface area (Å²) < 4.78 is 0. The normalized spacial score (nSPS) is 13.6. The Morgan fingerprint density at radius 2 is 1.43 bits per heavy atom. The molecule has 1 atom stereocenters. The molecule has 9 nitrogen and oxygen atoms in total. The molecule has 10 heteroatoms. The van der Waals surface area contributed by atoms with E-state index in [1.54, 1.807) is 73.7 Å². The first-order valence-corrected chi connectivity index (χ1v) is 14.7. The Labute approximate surface area is 259 Å². The molecule has 0 radical (unpaired) electrons. The smallest absolute Gasteiger partial charge is 0.272 e. The highest BCUT2D eigenvalue weighted by atomic mass is 32.2. The summed E-state index contributed by atoms with van der Waals surface area (Å²) in [5, 5.41) is 13.4. The zero-order valence-electron chi connectivity index (χ0n) is 23.8. The van der Waals surface area contributed by atoms with Gasteiger partial charge < -0.3 is 16.0 Å². The van der Waals surface area contributed by atoms with Gasteiger partial charge in [0.15, 0.2) is 0 Å². The molecule has 0 aliphatic carbocycles. The van der Waals surface area contributed by atoms with Crippen molar-refractivity contribution in [3.63, 3.8) is 0 Å². The molecule has 4 aromatic rings. The van der Waals surface area contributed by atoms with Crippen LogP contribution in [0.2, 0.25) is 0 Å². The summed E-state index contributed by atoms with van der Waals surface area (Å²) >= 11 is 1.33. The van der Waals surface area contributed by atoms with Crippen molar-refractivity contribution >= 4 is 58.7 Å². The van der Waals surface area contributed by atoms with E-state index in [-0.39, 0.29) is 23.9 Å². The van der Waals surface area contributed by atoms with Crippen molar-refractivity contribution in [1.82, 2.24) is 10.6 Å². The fourth-order valence-electron chi connectivity index (χ4n) is 4.25. The number of amides is 4. The Morgan fingerprint density at radius 1 is 0.818 bits per heavy atom. The van der Waals surface area contributed by atoms with Crippen LogP contribution in [-0.4, -0.2) is 34.7 Å². The van der Waals surface area contributed by atoms with Crippen LogP contribution < -0.4 is 21.0 Å². The monoisotopic (exact) mass is 603 g/mol. The van der Waals surface area contributed by atoms with Crippen LogP contribution in [0.4, 0.5) is 11.4 Å². The molecule has 1 heterocycles. The second-order valence-electron chi connectivity index (χ2n) is 9.78. The number of para-hydroxylation sites is 1. The highest BCUT2D eigenvalue weighted by Crippen LogP contribution is 2.26. The van der Waals surface area contributed by atoms with Gasteiger partial charge in [0.1, 0.15) is 11.5 Å². The molecule has 4 aromatic carbocycles. The molecule has 0 bridgehead atoms. The van der Waals surface area contributed by atoms with E-state index < -0.39 is 17.1 Å². The number of hydrogen-bond acceptors (Lipinski definition) is 6. The Balaban J connectivity index is 1.20. The van der Waals surface area contributed by atoms with Crippen molar-refractivity contribution in [2.75, 3.05) is 10.3 Å². The van der Waals surface area contributed by atoms with Gasteiger partial charge >= 0.3 is 0 Å². The van der Waals surface area contributed by atoms with Crippen LogP contribution in [0.5, 0.6) is 0 Å². The van der Waals surface area contributed by atoms with E-state index in [1.165, 1.54) is 16.8 Å². The van der Waals surface area contributed by atoms with Crippen molar-refractivity contribution in [2.45, 2.75) is 23.5 Å². The van der Waals surface area contributed by atoms with Gasteiger partial charge in [0.05, 0.1) is 17.4 Å².